The van der Waals surface area contributed by atoms with Crippen LogP contribution in [-0.4, -0.2) is 0 Å². The van der Waals surface area contributed by atoms with E-state index in [4.69, 9.17) is 0 Å². The minimum atomic E-state index is 0.255. The van der Waals surface area contributed by atoms with Gasteiger partial charge in [0.1, 0.15) is 0 Å². The van der Waals surface area contributed by atoms with Gasteiger partial charge in [0.05, 0.1) is 0 Å². The second kappa shape index (κ2) is 3.14. The largest absolute Gasteiger partial charge is 0.0673 e. The van der Waals surface area contributed by atoms with Gasteiger partial charge in [-0.2, -0.15) is 0 Å². The molecule has 0 spiro atoms. The maximum Gasteiger partial charge on any atom is 0.00710 e. The highest BCUT2D eigenvalue weighted by atomic mass is 14.7. The van der Waals surface area contributed by atoms with Gasteiger partial charge in [0, 0.05) is 10.8 Å². The smallest absolute Gasteiger partial charge is 0.00710 e. The average Bonchev–Trinajstić information content (AvgIpc) is 2.31. The Morgan fingerprint density at radius 1 is 0.444 bits per heavy atom. The molecule has 2 unspecified atom stereocenters. The van der Waals surface area contributed by atoms with Crippen molar-refractivity contribution in [3.8, 4) is 0 Å². The number of hydrogen-bond acceptors (Lipinski definition) is 0. The number of rotatable bonds is 0. The normalized spacial score (nSPS) is 41.7. The molecule has 0 saturated carbocycles. The molecule has 0 amide bonds. The molecule has 0 aromatic rings. The van der Waals surface area contributed by atoms with Crippen molar-refractivity contribution in [3.63, 3.8) is 0 Å². The fourth-order valence-corrected chi connectivity index (χ4v) is 5.31. The van der Waals surface area contributed by atoms with Gasteiger partial charge in [-0.05, 0) is 38.5 Å². The first kappa shape index (κ1) is 13.9. The Labute approximate surface area is 114 Å². The second-order valence-electron chi connectivity index (χ2n) is 8.00. The molecule has 0 aliphatic heterocycles. The maximum absolute atomic E-state index is 2.49. The van der Waals surface area contributed by atoms with Crippen LogP contribution in [0.1, 0.15) is 69.2 Å². The molecule has 0 heteroatoms. The van der Waals surface area contributed by atoms with Gasteiger partial charge in [-0.15, -0.1) is 0 Å². The van der Waals surface area contributed by atoms with Crippen LogP contribution in [0.2, 0.25) is 0 Å². The summed E-state index contributed by atoms with van der Waals surface area (Å²) in [6, 6.07) is 0. The quantitative estimate of drug-likeness (QED) is 0.477. The van der Waals surface area contributed by atoms with E-state index in [2.05, 4.69) is 69.2 Å². The van der Waals surface area contributed by atoms with Gasteiger partial charge in [-0.1, -0.05) is 63.8 Å². The Bertz CT molecular complexity index is 440. The van der Waals surface area contributed by atoms with Crippen LogP contribution in [0.3, 0.4) is 0 Å². The predicted octanol–water partition coefficient (Wildman–Crippen LogP) is 5.75. The van der Waals surface area contributed by atoms with E-state index in [1.54, 1.807) is 22.3 Å². The lowest BCUT2D eigenvalue weighted by Gasteiger charge is -2.73. The van der Waals surface area contributed by atoms with Crippen LogP contribution < -0.4 is 0 Å². The summed E-state index contributed by atoms with van der Waals surface area (Å²) < 4.78 is 0. The molecule has 102 valence electrons. The maximum atomic E-state index is 2.49. The van der Waals surface area contributed by atoms with E-state index in [0.29, 0.717) is 0 Å². The molecular weight excluding hydrogens is 216 g/mol. The van der Waals surface area contributed by atoms with Crippen molar-refractivity contribution in [2.45, 2.75) is 69.2 Å². The molecule has 2 rings (SSSR count). The molecule has 0 N–H and O–H groups in total. The van der Waals surface area contributed by atoms with Crippen LogP contribution in [-0.2, 0) is 0 Å². The summed E-state index contributed by atoms with van der Waals surface area (Å²) in [7, 11) is 0. The highest BCUT2D eigenvalue weighted by Gasteiger charge is 2.70. The second-order valence-corrected chi connectivity index (χ2v) is 8.00. The van der Waals surface area contributed by atoms with Crippen LogP contribution >= 0.6 is 0 Å². The summed E-state index contributed by atoms with van der Waals surface area (Å²) in [6.07, 6.45) is 0. The third kappa shape index (κ3) is 0.949. The van der Waals surface area contributed by atoms with Crippen LogP contribution in [0.15, 0.2) is 22.3 Å². The van der Waals surface area contributed by atoms with Crippen molar-refractivity contribution < 1.29 is 0 Å². The third-order valence-corrected chi connectivity index (χ3v) is 8.00. The molecule has 2 aliphatic rings. The van der Waals surface area contributed by atoms with Crippen LogP contribution in [0.5, 0.6) is 0 Å². The lowest BCUT2D eigenvalue weighted by atomic mass is 9.30. The van der Waals surface area contributed by atoms with Crippen molar-refractivity contribution in [3.05, 3.63) is 22.3 Å². The van der Waals surface area contributed by atoms with Crippen molar-refractivity contribution in [1.82, 2.24) is 0 Å². The zero-order chi connectivity index (χ0) is 14.3. The molecule has 18 heavy (non-hydrogen) atoms. The Kier molecular flexibility index (Phi) is 2.42. The van der Waals surface area contributed by atoms with Gasteiger partial charge < -0.3 is 0 Å². The van der Waals surface area contributed by atoms with Gasteiger partial charge in [-0.25, -0.2) is 0 Å². The Morgan fingerprint density at radius 2 is 0.667 bits per heavy atom. The lowest BCUT2D eigenvalue weighted by molar-refractivity contribution is -0.0883. The molecule has 0 aromatic carbocycles. The minimum absolute atomic E-state index is 0.255. The van der Waals surface area contributed by atoms with Crippen molar-refractivity contribution >= 4 is 0 Å². The Hall–Kier alpha value is -0.520. The summed E-state index contributed by atoms with van der Waals surface area (Å²) in [6.45, 7) is 24.1. The van der Waals surface area contributed by atoms with Gasteiger partial charge >= 0.3 is 0 Å². The molecule has 0 nitrogen and oxygen atoms in total. The van der Waals surface area contributed by atoms with Crippen LogP contribution in [0.25, 0.3) is 0 Å². The predicted molar refractivity (Wildman–Crippen MR) is 80.5 cm³/mol. The first-order valence-electron chi connectivity index (χ1n) is 7.25. The number of allylic oxidation sites excluding steroid dienone is 4. The first-order valence-corrected chi connectivity index (χ1v) is 7.25. The molecule has 0 aromatic heterocycles. The summed E-state index contributed by atoms with van der Waals surface area (Å²) in [4.78, 5) is 0. The summed E-state index contributed by atoms with van der Waals surface area (Å²) in [5.74, 6) is 0. The van der Waals surface area contributed by atoms with Crippen molar-refractivity contribution in [2.24, 2.45) is 21.7 Å². The topological polar surface area (TPSA) is 0 Å². The first-order chi connectivity index (χ1) is 7.88. The Morgan fingerprint density at radius 3 is 0.889 bits per heavy atom. The van der Waals surface area contributed by atoms with Crippen LogP contribution in [0, 0.1) is 21.7 Å². The van der Waals surface area contributed by atoms with E-state index < -0.39 is 0 Å². The van der Waals surface area contributed by atoms with E-state index in [0.717, 1.165) is 0 Å². The van der Waals surface area contributed by atoms with E-state index in [-0.39, 0.29) is 21.7 Å². The van der Waals surface area contributed by atoms with E-state index in [1.807, 2.05) is 0 Å². The van der Waals surface area contributed by atoms with E-state index in [9.17, 15) is 0 Å². The SMILES string of the molecule is CC1=C(C)C(C)(C)C2(C)C(C)=C(C)C2(C)C1(C)C. The summed E-state index contributed by atoms with van der Waals surface area (Å²) in [5, 5.41) is 0. The molecule has 2 atom stereocenters. The highest BCUT2D eigenvalue weighted by molar-refractivity contribution is 5.53. The van der Waals surface area contributed by atoms with Gasteiger partial charge in [-0.3, -0.25) is 0 Å². The monoisotopic (exact) mass is 246 g/mol. The third-order valence-electron chi connectivity index (χ3n) is 8.00. The average molecular weight is 246 g/mol. The fraction of sp³-hybridized carbons (Fsp3) is 0.778. The molecule has 0 heterocycles. The van der Waals surface area contributed by atoms with Crippen LogP contribution in [0.4, 0.5) is 0 Å². The number of hydrogen-bond donors (Lipinski definition) is 0. The molecule has 2 aliphatic carbocycles. The van der Waals surface area contributed by atoms with Gasteiger partial charge in [0.25, 0.3) is 0 Å². The fourth-order valence-electron chi connectivity index (χ4n) is 5.31. The van der Waals surface area contributed by atoms with E-state index >= 15 is 0 Å². The molecular formula is C18H30. The zero-order valence-corrected chi connectivity index (χ0v) is 14.0. The van der Waals surface area contributed by atoms with Gasteiger partial charge in [0.2, 0.25) is 0 Å². The lowest BCUT2D eigenvalue weighted by Crippen LogP contribution is -2.66. The Balaban J connectivity index is 2.87. The standard InChI is InChI=1S/C18H30/c1-11-12(2)16(7,8)18(10)14(4)13(3)17(18,9)15(11,5)6/h1-10H3. The summed E-state index contributed by atoms with van der Waals surface area (Å²) >= 11 is 0. The minimum Gasteiger partial charge on any atom is -0.0673 e. The van der Waals surface area contributed by atoms with Crippen molar-refractivity contribution in [1.29, 1.82) is 0 Å². The van der Waals surface area contributed by atoms with E-state index in [1.165, 1.54) is 0 Å². The molecule has 0 fully saturated rings. The highest BCUT2D eigenvalue weighted by Crippen LogP contribution is 2.78. The molecule has 0 radical (unpaired) electrons. The molecule has 0 bridgehead atoms. The molecule has 0 saturated heterocycles. The zero-order valence-electron chi connectivity index (χ0n) is 14.0. The van der Waals surface area contributed by atoms with Crippen molar-refractivity contribution in [2.75, 3.05) is 0 Å². The summed E-state index contributed by atoms with van der Waals surface area (Å²) in [5.41, 5.74) is 7.52. The number of fused-ring (bicyclic) bond motifs is 1. The van der Waals surface area contributed by atoms with Gasteiger partial charge in [0.15, 0.2) is 0 Å².